The number of hydrogen-bond donors (Lipinski definition) is 5. The van der Waals surface area contributed by atoms with Crippen molar-refractivity contribution >= 4 is 0 Å². The molecule has 0 aromatic rings. The van der Waals surface area contributed by atoms with Crippen LogP contribution in [0.5, 0.6) is 0 Å². The molecule has 0 aromatic carbocycles. The van der Waals surface area contributed by atoms with Crippen LogP contribution in [0.25, 0.3) is 0 Å². The molecule has 1 aliphatic heterocycles. The summed E-state index contributed by atoms with van der Waals surface area (Å²) in [5, 5.41) is 55.4. The maximum Gasteiger partial charge on any atom is 0.0865 e. The Balaban J connectivity index is 1.37. The first kappa shape index (κ1) is 26.0. The van der Waals surface area contributed by atoms with Crippen molar-refractivity contribution < 1.29 is 30.3 Å². The molecule has 6 aliphatic rings. The Bertz CT molecular complexity index is 933. The Morgan fingerprint density at radius 2 is 1.53 bits per heavy atom. The lowest BCUT2D eigenvalue weighted by molar-refractivity contribution is -0.220. The van der Waals surface area contributed by atoms with E-state index in [1.807, 2.05) is 20.8 Å². The van der Waals surface area contributed by atoms with Crippen molar-refractivity contribution in [1.82, 2.24) is 0 Å². The fraction of sp³-hybridized carbons (Fsp3) is 1.00. The minimum absolute atomic E-state index is 0.0137. The summed E-state index contributed by atoms with van der Waals surface area (Å²) in [6.07, 6.45) is 6.03. The molecule has 6 nitrogen and oxygen atoms in total. The summed E-state index contributed by atoms with van der Waals surface area (Å²) < 4.78 is 6.64. The third kappa shape index (κ3) is 2.80. The van der Waals surface area contributed by atoms with Gasteiger partial charge in [-0.1, -0.05) is 20.8 Å². The summed E-state index contributed by atoms with van der Waals surface area (Å²) in [6, 6.07) is 0. The van der Waals surface area contributed by atoms with Crippen molar-refractivity contribution in [2.24, 2.45) is 44.8 Å². The van der Waals surface area contributed by atoms with Crippen LogP contribution < -0.4 is 0 Å². The molecule has 6 rings (SSSR count). The fourth-order valence-electron chi connectivity index (χ4n) is 12.2. The third-order valence-corrected chi connectivity index (χ3v) is 13.9. The van der Waals surface area contributed by atoms with E-state index in [1.165, 1.54) is 0 Å². The van der Waals surface area contributed by atoms with Crippen molar-refractivity contribution in [1.29, 1.82) is 0 Å². The summed E-state index contributed by atoms with van der Waals surface area (Å²) in [6.45, 7) is 12.5. The van der Waals surface area contributed by atoms with Gasteiger partial charge in [0.05, 0.1) is 42.2 Å². The van der Waals surface area contributed by atoms with Crippen LogP contribution in [-0.2, 0) is 4.74 Å². The Kier molecular flexibility index (Phi) is 5.26. The second-order valence-corrected chi connectivity index (χ2v) is 15.7. The van der Waals surface area contributed by atoms with E-state index >= 15 is 0 Å². The fourth-order valence-corrected chi connectivity index (χ4v) is 12.2. The third-order valence-electron chi connectivity index (χ3n) is 13.9. The van der Waals surface area contributed by atoms with E-state index in [-0.39, 0.29) is 46.2 Å². The van der Waals surface area contributed by atoms with E-state index < -0.39 is 34.9 Å². The average Bonchev–Trinajstić information content (AvgIpc) is 3.14. The van der Waals surface area contributed by atoms with Crippen LogP contribution in [0, 0.1) is 44.8 Å². The first-order chi connectivity index (χ1) is 16.5. The lowest BCUT2D eigenvalue weighted by atomic mass is 9.41. The zero-order valence-electron chi connectivity index (χ0n) is 23.3. The van der Waals surface area contributed by atoms with Crippen molar-refractivity contribution in [2.75, 3.05) is 6.61 Å². The number of rotatable bonds is 3. The van der Waals surface area contributed by atoms with E-state index in [9.17, 15) is 25.5 Å². The van der Waals surface area contributed by atoms with Gasteiger partial charge in [-0.05, 0) is 106 Å². The van der Waals surface area contributed by atoms with Crippen LogP contribution in [0.4, 0.5) is 0 Å². The van der Waals surface area contributed by atoms with Gasteiger partial charge in [0.2, 0.25) is 0 Å². The molecular weight excluding hydrogens is 456 g/mol. The van der Waals surface area contributed by atoms with Crippen molar-refractivity contribution in [3.8, 4) is 0 Å². The van der Waals surface area contributed by atoms with Gasteiger partial charge in [-0.15, -0.1) is 0 Å². The number of aliphatic hydroxyl groups excluding tert-OH is 4. The minimum atomic E-state index is -0.907. The van der Waals surface area contributed by atoms with Crippen LogP contribution in [0.2, 0.25) is 0 Å². The zero-order valence-corrected chi connectivity index (χ0v) is 23.3. The lowest BCUT2D eigenvalue weighted by Crippen LogP contribution is -2.63. The predicted molar refractivity (Wildman–Crippen MR) is 136 cm³/mol. The van der Waals surface area contributed by atoms with Gasteiger partial charge in [0.1, 0.15) is 0 Å². The van der Waals surface area contributed by atoms with E-state index in [1.54, 1.807) is 0 Å². The predicted octanol–water partition coefficient (Wildman–Crippen LogP) is 3.41. The first-order valence-electron chi connectivity index (χ1n) is 14.6. The molecule has 36 heavy (non-hydrogen) atoms. The molecule has 5 saturated carbocycles. The van der Waals surface area contributed by atoms with Crippen LogP contribution in [0.1, 0.15) is 99.3 Å². The number of fused-ring (bicyclic) bond motifs is 2. The molecule has 1 saturated heterocycles. The van der Waals surface area contributed by atoms with Crippen molar-refractivity contribution in [3.05, 3.63) is 0 Å². The van der Waals surface area contributed by atoms with Gasteiger partial charge in [0, 0.05) is 17.3 Å². The number of aliphatic hydroxyl groups is 5. The molecule has 2 spiro atoms. The molecular formula is C30H50O6. The highest BCUT2D eigenvalue weighted by Gasteiger charge is 2.85. The molecule has 5 N–H and O–H groups in total. The molecule has 6 heteroatoms. The SMILES string of the molecule is CC(C)(O)[C@@H]1CC[C@](C)([C@H]2[C@@H](O)C[C@@]3(C)[C@@H]4C[C@H](O)[C@H]5[C@@](C)(CO)[C@@H](O)CC[C@@]56C[C@@]46CC[C@]23C)O1. The summed E-state index contributed by atoms with van der Waals surface area (Å²) in [7, 11) is 0. The lowest BCUT2D eigenvalue weighted by Gasteiger charge is -2.64. The molecule has 13 atom stereocenters. The molecule has 0 amide bonds. The monoisotopic (exact) mass is 506 g/mol. The summed E-state index contributed by atoms with van der Waals surface area (Å²) in [5.74, 6) is 0.219. The summed E-state index contributed by atoms with van der Waals surface area (Å²) >= 11 is 0. The standard InChI is InChI=1S/C30H50O6/c1-24(2,35)21-8-9-28(6,36-21)23-18(33)14-27(5)19-13-17(32)22-25(3,16-31)20(34)7-10-30(22)15-29(19,30)12-11-26(23,27)4/h17-23,31-35H,7-16H2,1-6H3/t17-,18-,19-,20-,21-,22-,23-,25-,26+,27-,28+,29-,30+/m0/s1. The van der Waals surface area contributed by atoms with E-state index in [4.69, 9.17) is 4.74 Å². The summed E-state index contributed by atoms with van der Waals surface area (Å²) in [4.78, 5) is 0. The summed E-state index contributed by atoms with van der Waals surface area (Å²) in [5.41, 5.74) is -2.20. The zero-order chi connectivity index (χ0) is 26.3. The maximum atomic E-state index is 11.7. The van der Waals surface area contributed by atoms with Gasteiger partial charge < -0.3 is 30.3 Å². The molecule has 206 valence electrons. The molecule has 5 aliphatic carbocycles. The molecule has 1 heterocycles. The number of hydrogen-bond acceptors (Lipinski definition) is 6. The molecule has 0 bridgehead atoms. The Morgan fingerprint density at radius 3 is 2.14 bits per heavy atom. The van der Waals surface area contributed by atoms with Crippen LogP contribution in [-0.4, -0.2) is 67.8 Å². The normalized spacial score (nSPS) is 62.2. The Hall–Kier alpha value is -0.240. The maximum absolute atomic E-state index is 11.7. The van der Waals surface area contributed by atoms with Crippen LogP contribution in [0.3, 0.4) is 0 Å². The van der Waals surface area contributed by atoms with Gasteiger partial charge in [-0.25, -0.2) is 0 Å². The highest BCUT2D eigenvalue weighted by molar-refractivity contribution is 5.33. The van der Waals surface area contributed by atoms with Gasteiger partial charge in [0.25, 0.3) is 0 Å². The Morgan fingerprint density at radius 1 is 0.833 bits per heavy atom. The smallest absolute Gasteiger partial charge is 0.0865 e. The largest absolute Gasteiger partial charge is 0.396 e. The van der Waals surface area contributed by atoms with Crippen molar-refractivity contribution in [2.45, 2.75) is 135 Å². The van der Waals surface area contributed by atoms with E-state index in [2.05, 4.69) is 20.8 Å². The van der Waals surface area contributed by atoms with Crippen LogP contribution in [0.15, 0.2) is 0 Å². The molecule has 0 aromatic heterocycles. The number of ether oxygens (including phenoxy) is 1. The van der Waals surface area contributed by atoms with Gasteiger partial charge >= 0.3 is 0 Å². The average molecular weight is 507 g/mol. The highest BCUT2D eigenvalue weighted by Crippen LogP contribution is 2.89. The molecule has 0 unspecified atom stereocenters. The second-order valence-electron chi connectivity index (χ2n) is 15.7. The Labute approximate surface area is 216 Å². The highest BCUT2D eigenvalue weighted by atomic mass is 16.5. The van der Waals surface area contributed by atoms with E-state index in [0.29, 0.717) is 18.8 Å². The molecule has 6 fully saturated rings. The minimum Gasteiger partial charge on any atom is -0.396 e. The quantitative estimate of drug-likeness (QED) is 0.401. The van der Waals surface area contributed by atoms with E-state index in [0.717, 1.165) is 44.9 Å². The second kappa shape index (κ2) is 7.28. The molecule has 0 radical (unpaired) electrons. The van der Waals surface area contributed by atoms with Gasteiger partial charge in [-0.3, -0.25) is 0 Å². The van der Waals surface area contributed by atoms with Gasteiger partial charge in [0.15, 0.2) is 0 Å². The first-order valence-corrected chi connectivity index (χ1v) is 14.6. The van der Waals surface area contributed by atoms with Crippen LogP contribution >= 0.6 is 0 Å². The van der Waals surface area contributed by atoms with Gasteiger partial charge in [-0.2, -0.15) is 0 Å². The topological polar surface area (TPSA) is 110 Å². The van der Waals surface area contributed by atoms with Crippen molar-refractivity contribution in [3.63, 3.8) is 0 Å².